The Hall–Kier alpha value is -2.36. The van der Waals surface area contributed by atoms with Crippen molar-refractivity contribution in [2.24, 2.45) is 0 Å². The van der Waals surface area contributed by atoms with Gasteiger partial charge in [-0.3, -0.25) is 0 Å². The molecule has 102 valence electrons. The van der Waals surface area contributed by atoms with Gasteiger partial charge in [0.25, 0.3) is 0 Å². The number of hydrogen-bond donors (Lipinski definition) is 3. The van der Waals surface area contributed by atoms with E-state index in [0.717, 1.165) is 12.0 Å². The number of aromatic hydroxyl groups is 3. The van der Waals surface area contributed by atoms with Crippen LogP contribution in [-0.4, -0.2) is 22.4 Å². The van der Waals surface area contributed by atoms with Crippen molar-refractivity contribution in [2.45, 2.75) is 13.3 Å². The molecule has 2 aromatic carbocycles. The molecule has 0 heterocycles. The van der Waals surface area contributed by atoms with Gasteiger partial charge in [-0.2, -0.15) is 0 Å². The molecule has 0 aliphatic heterocycles. The number of phenolic OH excluding ortho intramolecular Hbond substituents is 3. The maximum Gasteiger partial charge on any atom is 0.122 e. The summed E-state index contributed by atoms with van der Waals surface area (Å²) in [6.07, 6.45) is 0.821. The van der Waals surface area contributed by atoms with Gasteiger partial charge in [-0.05, 0) is 36.2 Å². The summed E-state index contributed by atoms with van der Waals surface area (Å²) in [5.41, 5.74) is 0.942. The maximum absolute atomic E-state index is 8.96. The Morgan fingerprint density at radius 2 is 1.53 bits per heavy atom. The zero-order chi connectivity index (χ0) is 14.3. The lowest BCUT2D eigenvalue weighted by atomic mass is 10.1. The molecule has 2 aromatic rings. The Bertz CT molecular complexity index is 503. The summed E-state index contributed by atoms with van der Waals surface area (Å²) in [7, 11) is 1.56. The summed E-state index contributed by atoms with van der Waals surface area (Å²) >= 11 is 0. The van der Waals surface area contributed by atoms with Gasteiger partial charge >= 0.3 is 0 Å². The largest absolute Gasteiger partial charge is 0.508 e. The summed E-state index contributed by atoms with van der Waals surface area (Å²) in [6.45, 7) is 1.97. The normalized spacial score (nSPS) is 9.37. The highest BCUT2D eigenvalue weighted by atomic mass is 16.5. The van der Waals surface area contributed by atoms with E-state index in [1.165, 1.54) is 6.07 Å². The lowest BCUT2D eigenvalue weighted by molar-refractivity contribution is 0.407. The third kappa shape index (κ3) is 5.21. The maximum atomic E-state index is 8.96. The molecule has 0 bridgehead atoms. The average molecular weight is 262 g/mol. The van der Waals surface area contributed by atoms with Crippen LogP contribution in [0.5, 0.6) is 23.0 Å². The zero-order valence-corrected chi connectivity index (χ0v) is 11.0. The molecule has 2 rings (SSSR count). The van der Waals surface area contributed by atoms with Crippen molar-refractivity contribution >= 4 is 0 Å². The van der Waals surface area contributed by atoms with Crippen molar-refractivity contribution in [1.82, 2.24) is 0 Å². The Balaban J connectivity index is 0.000000191. The van der Waals surface area contributed by atoms with E-state index >= 15 is 0 Å². The van der Waals surface area contributed by atoms with Crippen molar-refractivity contribution in [3.8, 4) is 23.0 Å². The molecular weight excluding hydrogens is 244 g/mol. The molecule has 4 nitrogen and oxygen atoms in total. The minimum Gasteiger partial charge on any atom is -0.508 e. The topological polar surface area (TPSA) is 69.9 Å². The molecule has 0 aromatic heterocycles. The predicted molar refractivity (Wildman–Crippen MR) is 73.8 cm³/mol. The van der Waals surface area contributed by atoms with Crippen LogP contribution in [-0.2, 0) is 6.42 Å². The summed E-state index contributed by atoms with van der Waals surface area (Å²) < 4.78 is 4.84. The van der Waals surface area contributed by atoms with Gasteiger partial charge in [-0.15, -0.1) is 0 Å². The number of benzene rings is 2. The predicted octanol–water partition coefficient (Wildman–Crippen LogP) is 3.06. The smallest absolute Gasteiger partial charge is 0.122 e. The van der Waals surface area contributed by atoms with E-state index in [1.807, 2.05) is 6.92 Å². The minimum atomic E-state index is 0.122. The number of hydrogen-bond acceptors (Lipinski definition) is 4. The average Bonchev–Trinajstić information content (AvgIpc) is 2.38. The second-order valence-corrected chi connectivity index (χ2v) is 3.91. The van der Waals surface area contributed by atoms with E-state index in [2.05, 4.69) is 0 Å². The van der Waals surface area contributed by atoms with E-state index in [1.54, 1.807) is 43.5 Å². The number of aryl methyl sites for hydroxylation is 1. The first-order chi connectivity index (χ1) is 9.05. The van der Waals surface area contributed by atoms with Crippen LogP contribution in [0.4, 0.5) is 0 Å². The quantitative estimate of drug-likeness (QED) is 0.778. The summed E-state index contributed by atoms with van der Waals surface area (Å²) in [4.78, 5) is 0. The molecule has 0 radical (unpaired) electrons. The van der Waals surface area contributed by atoms with Crippen molar-refractivity contribution < 1.29 is 20.1 Å². The first-order valence-corrected chi connectivity index (χ1v) is 5.90. The molecule has 0 aliphatic carbocycles. The summed E-state index contributed by atoms with van der Waals surface area (Å²) in [5, 5.41) is 26.8. The van der Waals surface area contributed by atoms with Gasteiger partial charge in [-0.1, -0.05) is 13.0 Å². The van der Waals surface area contributed by atoms with E-state index in [4.69, 9.17) is 20.1 Å². The molecule has 0 fully saturated rings. The first-order valence-electron chi connectivity index (χ1n) is 5.90. The molecular formula is C15H18O4. The molecule has 0 atom stereocenters. The highest BCUT2D eigenvalue weighted by molar-refractivity contribution is 5.36. The molecule has 0 unspecified atom stereocenters. The van der Waals surface area contributed by atoms with Gasteiger partial charge in [0.1, 0.15) is 23.0 Å². The number of rotatable bonds is 2. The molecule has 0 aliphatic rings. The number of methoxy groups -OCH3 is 1. The van der Waals surface area contributed by atoms with E-state index in [0.29, 0.717) is 5.75 Å². The Morgan fingerprint density at radius 1 is 0.895 bits per heavy atom. The lowest BCUT2D eigenvalue weighted by Gasteiger charge is -1.98. The molecule has 19 heavy (non-hydrogen) atoms. The highest BCUT2D eigenvalue weighted by Gasteiger charge is 1.95. The standard InChI is InChI=1S/C8H10O2.C7H8O2/c1-2-6-3-7(9)5-8(10)4-6;1-9-7-4-2-3-6(8)5-7/h3-5,9-10H,2H2,1H3;2-5,8H,1H3. The van der Waals surface area contributed by atoms with Gasteiger partial charge in [0.2, 0.25) is 0 Å². The summed E-state index contributed by atoms with van der Waals surface area (Å²) in [5.74, 6) is 1.15. The fourth-order valence-corrected chi connectivity index (χ4v) is 1.47. The lowest BCUT2D eigenvalue weighted by Crippen LogP contribution is -1.79. The molecule has 0 saturated carbocycles. The van der Waals surface area contributed by atoms with Crippen molar-refractivity contribution in [3.63, 3.8) is 0 Å². The second-order valence-electron chi connectivity index (χ2n) is 3.91. The van der Waals surface area contributed by atoms with Gasteiger partial charge in [0.05, 0.1) is 7.11 Å². The molecule has 3 N–H and O–H groups in total. The van der Waals surface area contributed by atoms with Crippen LogP contribution < -0.4 is 4.74 Å². The van der Waals surface area contributed by atoms with E-state index in [-0.39, 0.29) is 17.2 Å². The summed E-state index contributed by atoms with van der Waals surface area (Å²) in [6, 6.07) is 11.3. The molecule has 0 saturated heterocycles. The van der Waals surface area contributed by atoms with E-state index < -0.39 is 0 Å². The van der Waals surface area contributed by atoms with Crippen LogP contribution in [0.3, 0.4) is 0 Å². The van der Waals surface area contributed by atoms with Gasteiger partial charge in [-0.25, -0.2) is 0 Å². The minimum absolute atomic E-state index is 0.122. The zero-order valence-electron chi connectivity index (χ0n) is 11.0. The van der Waals surface area contributed by atoms with Crippen LogP contribution in [0.15, 0.2) is 42.5 Å². The fourth-order valence-electron chi connectivity index (χ4n) is 1.47. The van der Waals surface area contributed by atoms with Gasteiger partial charge in [0, 0.05) is 12.1 Å². The molecule has 4 heteroatoms. The third-order valence-electron chi connectivity index (χ3n) is 2.42. The van der Waals surface area contributed by atoms with Crippen molar-refractivity contribution in [3.05, 3.63) is 48.0 Å². The Morgan fingerprint density at radius 3 is 1.95 bits per heavy atom. The van der Waals surface area contributed by atoms with Crippen LogP contribution >= 0.6 is 0 Å². The van der Waals surface area contributed by atoms with Crippen molar-refractivity contribution in [2.75, 3.05) is 7.11 Å². The van der Waals surface area contributed by atoms with Crippen LogP contribution in [0.1, 0.15) is 12.5 Å². The van der Waals surface area contributed by atoms with Crippen LogP contribution in [0.25, 0.3) is 0 Å². The Kier molecular flexibility index (Phi) is 5.54. The number of phenols is 3. The molecule has 0 amide bonds. The van der Waals surface area contributed by atoms with Gasteiger partial charge < -0.3 is 20.1 Å². The third-order valence-corrected chi connectivity index (χ3v) is 2.42. The fraction of sp³-hybridized carbons (Fsp3) is 0.200. The van der Waals surface area contributed by atoms with E-state index in [9.17, 15) is 0 Å². The monoisotopic (exact) mass is 262 g/mol. The van der Waals surface area contributed by atoms with Crippen molar-refractivity contribution in [1.29, 1.82) is 0 Å². The highest BCUT2D eigenvalue weighted by Crippen LogP contribution is 2.20. The number of ether oxygens (including phenoxy) is 1. The van der Waals surface area contributed by atoms with Crippen LogP contribution in [0, 0.1) is 0 Å². The second kappa shape index (κ2) is 7.16. The molecule has 0 spiro atoms. The Labute approximate surface area is 112 Å². The SMILES string of the molecule is CCc1cc(O)cc(O)c1.COc1cccc(O)c1. The van der Waals surface area contributed by atoms with Crippen LogP contribution in [0.2, 0.25) is 0 Å². The van der Waals surface area contributed by atoms with Gasteiger partial charge in [0.15, 0.2) is 0 Å². The first kappa shape index (κ1) is 14.7.